The molecule has 4 unspecified atom stereocenters. The van der Waals surface area contributed by atoms with Crippen molar-refractivity contribution in [1.82, 2.24) is 15.5 Å². The number of amides is 1. The number of fused-ring (bicyclic) bond motifs is 2. The van der Waals surface area contributed by atoms with Gasteiger partial charge in [-0.15, -0.1) is 10.2 Å². The first-order valence-electron chi connectivity index (χ1n) is 7.45. The number of hydrogen-bond acceptors (Lipinski definition) is 6. The highest BCUT2D eigenvalue weighted by molar-refractivity contribution is 8.03. The molecule has 2 bridgehead atoms. The minimum atomic E-state index is 0.121. The molecule has 7 heteroatoms. The Kier molecular flexibility index (Phi) is 5.11. The Labute approximate surface area is 138 Å². The fraction of sp³-hybridized carbons (Fsp3) is 0.786. The van der Waals surface area contributed by atoms with Crippen LogP contribution >= 0.6 is 34.9 Å². The van der Waals surface area contributed by atoms with Crippen LogP contribution in [0.25, 0.3) is 0 Å². The first-order chi connectivity index (χ1) is 10.2. The summed E-state index contributed by atoms with van der Waals surface area (Å²) in [6, 6.07) is 0.310. The molecule has 1 N–H and O–H groups in total. The number of carbonyl (C=O) groups is 1. The maximum absolute atomic E-state index is 12.1. The van der Waals surface area contributed by atoms with Gasteiger partial charge in [0.2, 0.25) is 5.91 Å². The maximum Gasteiger partial charge on any atom is 0.230 e. The largest absolute Gasteiger partial charge is 0.353 e. The van der Waals surface area contributed by atoms with Gasteiger partial charge in [0.15, 0.2) is 8.68 Å². The highest BCUT2D eigenvalue weighted by Crippen LogP contribution is 2.49. The molecule has 2 aliphatic carbocycles. The van der Waals surface area contributed by atoms with E-state index in [1.165, 1.54) is 37.4 Å². The second-order valence-electron chi connectivity index (χ2n) is 6.02. The van der Waals surface area contributed by atoms with Crippen molar-refractivity contribution in [2.75, 3.05) is 12.0 Å². The molecule has 1 aromatic heterocycles. The summed E-state index contributed by atoms with van der Waals surface area (Å²) >= 11 is 4.63. The van der Waals surface area contributed by atoms with E-state index in [0.29, 0.717) is 17.7 Å². The van der Waals surface area contributed by atoms with E-state index in [9.17, 15) is 4.79 Å². The zero-order valence-corrected chi connectivity index (χ0v) is 14.8. The second-order valence-corrected chi connectivity index (χ2v) is 9.27. The molecule has 0 spiro atoms. The minimum absolute atomic E-state index is 0.121. The van der Waals surface area contributed by atoms with Gasteiger partial charge in [-0.2, -0.15) is 0 Å². The highest BCUT2D eigenvalue weighted by Gasteiger charge is 2.42. The van der Waals surface area contributed by atoms with E-state index in [2.05, 4.69) is 22.4 Å². The van der Waals surface area contributed by atoms with Gasteiger partial charge in [-0.1, -0.05) is 41.3 Å². The molecule has 4 atom stereocenters. The topological polar surface area (TPSA) is 54.9 Å². The molecule has 1 heterocycles. The Morgan fingerprint density at radius 2 is 2.19 bits per heavy atom. The summed E-state index contributed by atoms with van der Waals surface area (Å²) in [5.74, 6) is 3.04. The summed E-state index contributed by atoms with van der Waals surface area (Å²) in [5.41, 5.74) is 0. The third kappa shape index (κ3) is 3.74. The van der Waals surface area contributed by atoms with Crippen LogP contribution in [0.5, 0.6) is 0 Å². The molecule has 3 rings (SSSR count). The summed E-state index contributed by atoms with van der Waals surface area (Å²) in [6.07, 6.45) is 7.46. The van der Waals surface area contributed by atoms with E-state index >= 15 is 0 Å². The molecule has 0 radical (unpaired) electrons. The molecule has 2 fully saturated rings. The van der Waals surface area contributed by atoms with Gasteiger partial charge in [-0.05, 0) is 50.2 Å². The van der Waals surface area contributed by atoms with Crippen LogP contribution in [0.2, 0.25) is 0 Å². The van der Waals surface area contributed by atoms with E-state index in [0.717, 1.165) is 20.5 Å². The van der Waals surface area contributed by atoms with E-state index in [-0.39, 0.29) is 5.91 Å². The first-order valence-corrected chi connectivity index (χ1v) is 10.5. The van der Waals surface area contributed by atoms with E-state index in [4.69, 9.17) is 0 Å². The van der Waals surface area contributed by atoms with Crippen LogP contribution < -0.4 is 5.32 Å². The van der Waals surface area contributed by atoms with E-state index < -0.39 is 0 Å². The Bertz CT molecular complexity index is 507. The van der Waals surface area contributed by atoms with E-state index in [1.54, 1.807) is 23.1 Å². The molecule has 0 aromatic carbocycles. The average Bonchev–Trinajstić information content (AvgIpc) is 3.20. The van der Waals surface area contributed by atoms with Gasteiger partial charge in [0.25, 0.3) is 0 Å². The average molecular weight is 344 g/mol. The number of thioether (sulfide) groups is 2. The zero-order valence-electron chi connectivity index (χ0n) is 12.4. The zero-order chi connectivity index (χ0) is 14.8. The third-order valence-electron chi connectivity index (χ3n) is 4.71. The fourth-order valence-corrected chi connectivity index (χ4v) is 6.02. The van der Waals surface area contributed by atoms with Gasteiger partial charge in [0, 0.05) is 6.04 Å². The van der Waals surface area contributed by atoms with Crippen molar-refractivity contribution in [2.45, 2.75) is 47.3 Å². The van der Waals surface area contributed by atoms with Crippen molar-refractivity contribution < 1.29 is 4.79 Å². The lowest BCUT2D eigenvalue weighted by Crippen LogP contribution is -2.40. The number of carbonyl (C=O) groups excluding carboxylic acids is 1. The van der Waals surface area contributed by atoms with Gasteiger partial charge in [0.1, 0.15) is 0 Å². The number of aromatic nitrogens is 2. The number of rotatable bonds is 6. The molecule has 1 aromatic rings. The summed E-state index contributed by atoms with van der Waals surface area (Å²) in [4.78, 5) is 12.1. The Hall–Kier alpha value is -0.270. The van der Waals surface area contributed by atoms with Crippen LogP contribution in [0.15, 0.2) is 8.68 Å². The normalized spacial score (nSPS) is 28.8. The van der Waals surface area contributed by atoms with Gasteiger partial charge < -0.3 is 5.32 Å². The number of nitrogens with zero attached hydrogens (tertiary/aromatic N) is 2. The van der Waals surface area contributed by atoms with Crippen LogP contribution in [-0.2, 0) is 4.79 Å². The van der Waals surface area contributed by atoms with Gasteiger partial charge in [-0.25, -0.2) is 0 Å². The fourth-order valence-electron chi connectivity index (χ4n) is 3.77. The first kappa shape index (κ1) is 15.6. The Morgan fingerprint density at radius 3 is 2.81 bits per heavy atom. The molecular formula is C14H21N3OS3. The summed E-state index contributed by atoms with van der Waals surface area (Å²) in [6.45, 7) is 2.17. The standard InChI is InChI=1S/C14H21N3OS3/c1-8(11-6-9-3-4-10(11)5-9)15-12(18)7-20-14-17-16-13(19-2)21-14/h8-11H,3-7H2,1-2H3,(H,15,18). The van der Waals surface area contributed by atoms with Crippen LogP contribution in [-0.4, -0.2) is 34.2 Å². The molecule has 4 nitrogen and oxygen atoms in total. The predicted octanol–water partition coefficient (Wildman–Crippen LogP) is 3.29. The molecule has 2 aliphatic rings. The Balaban J connectivity index is 1.43. The molecule has 21 heavy (non-hydrogen) atoms. The summed E-state index contributed by atoms with van der Waals surface area (Å²) in [5, 5.41) is 11.3. The van der Waals surface area contributed by atoms with E-state index in [1.807, 2.05) is 6.26 Å². The molecule has 1 amide bonds. The monoisotopic (exact) mass is 343 g/mol. The van der Waals surface area contributed by atoms with Crippen molar-refractivity contribution in [1.29, 1.82) is 0 Å². The van der Waals surface area contributed by atoms with Crippen LogP contribution in [0.4, 0.5) is 0 Å². The lowest BCUT2D eigenvalue weighted by Gasteiger charge is -2.28. The molecule has 0 aliphatic heterocycles. The summed E-state index contributed by atoms with van der Waals surface area (Å²) in [7, 11) is 0. The highest BCUT2D eigenvalue weighted by atomic mass is 32.2. The number of hydrogen-bond donors (Lipinski definition) is 1. The molecule has 0 saturated heterocycles. The van der Waals surface area contributed by atoms with Crippen molar-refractivity contribution >= 4 is 40.8 Å². The van der Waals surface area contributed by atoms with Gasteiger partial charge in [0.05, 0.1) is 5.75 Å². The van der Waals surface area contributed by atoms with Crippen LogP contribution in [0, 0.1) is 17.8 Å². The predicted molar refractivity (Wildman–Crippen MR) is 89.0 cm³/mol. The molecule has 116 valence electrons. The van der Waals surface area contributed by atoms with Crippen molar-refractivity contribution in [3.05, 3.63) is 0 Å². The Morgan fingerprint density at radius 1 is 1.38 bits per heavy atom. The lowest BCUT2D eigenvalue weighted by molar-refractivity contribution is -0.119. The number of nitrogens with one attached hydrogen (secondary N) is 1. The van der Waals surface area contributed by atoms with Crippen molar-refractivity contribution in [3.63, 3.8) is 0 Å². The summed E-state index contributed by atoms with van der Waals surface area (Å²) < 4.78 is 1.83. The quantitative estimate of drug-likeness (QED) is 0.803. The lowest BCUT2D eigenvalue weighted by atomic mass is 9.84. The minimum Gasteiger partial charge on any atom is -0.353 e. The van der Waals surface area contributed by atoms with Gasteiger partial charge >= 0.3 is 0 Å². The SMILES string of the molecule is CSc1nnc(SCC(=O)NC(C)C2CC3CCC2C3)s1. The smallest absolute Gasteiger partial charge is 0.230 e. The third-order valence-corrected chi connectivity index (χ3v) is 7.75. The second kappa shape index (κ2) is 6.87. The van der Waals surface area contributed by atoms with Crippen LogP contribution in [0.3, 0.4) is 0 Å². The van der Waals surface area contributed by atoms with Crippen LogP contribution in [0.1, 0.15) is 32.6 Å². The van der Waals surface area contributed by atoms with Gasteiger partial charge in [-0.3, -0.25) is 4.79 Å². The molecule has 2 saturated carbocycles. The van der Waals surface area contributed by atoms with Crippen molar-refractivity contribution in [3.8, 4) is 0 Å². The van der Waals surface area contributed by atoms with Crippen molar-refractivity contribution in [2.24, 2.45) is 17.8 Å². The molecular weight excluding hydrogens is 322 g/mol. The maximum atomic E-state index is 12.1.